The summed E-state index contributed by atoms with van der Waals surface area (Å²) >= 11 is 1.72. The molecule has 2 aromatic carbocycles. The van der Waals surface area contributed by atoms with E-state index in [1.165, 1.54) is 4.88 Å². The number of amides is 2. The molecule has 0 N–H and O–H groups in total. The maximum Gasteiger partial charge on any atom is 0.254 e. The fraction of sp³-hybridized carbons (Fsp3) is 0.379. The van der Waals surface area contributed by atoms with Gasteiger partial charge in [-0.1, -0.05) is 30.7 Å². The minimum atomic E-state index is -0.216. The van der Waals surface area contributed by atoms with Crippen molar-refractivity contribution in [3.05, 3.63) is 81.5 Å². The second-order valence-corrected chi connectivity index (χ2v) is 10.2. The van der Waals surface area contributed by atoms with Crippen LogP contribution in [0.3, 0.4) is 0 Å². The van der Waals surface area contributed by atoms with Gasteiger partial charge >= 0.3 is 0 Å². The van der Waals surface area contributed by atoms with Gasteiger partial charge in [0.1, 0.15) is 24.7 Å². The molecule has 0 unspecified atom stereocenters. The molecule has 0 fully saturated rings. The van der Waals surface area contributed by atoms with E-state index in [1.54, 1.807) is 23.3 Å². The molecule has 0 radical (unpaired) electrons. The second kappa shape index (κ2) is 11.6. The van der Waals surface area contributed by atoms with Gasteiger partial charge in [-0.25, -0.2) is 0 Å². The lowest BCUT2D eigenvalue weighted by Gasteiger charge is -2.38. The van der Waals surface area contributed by atoms with Crippen LogP contribution in [0, 0.1) is 6.92 Å². The lowest BCUT2D eigenvalue weighted by Crippen LogP contribution is -2.49. The predicted molar refractivity (Wildman–Crippen MR) is 143 cm³/mol. The Bertz CT molecular complexity index is 1190. The summed E-state index contributed by atoms with van der Waals surface area (Å²) in [5.41, 5.74) is 2.82. The van der Waals surface area contributed by atoms with Crippen molar-refractivity contribution in [2.24, 2.45) is 0 Å². The summed E-state index contributed by atoms with van der Waals surface area (Å²) in [5, 5.41) is 2.07. The van der Waals surface area contributed by atoms with Gasteiger partial charge in [0.15, 0.2) is 0 Å². The van der Waals surface area contributed by atoms with Crippen LogP contribution < -0.4 is 9.47 Å². The molecule has 1 aromatic heterocycles. The third kappa shape index (κ3) is 5.73. The predicted octanol–water partition coefficient (Wildman–Crippen LogP) is 5.51. The Labute approximate surface area is 217 Å². The van der Waals surface area contributed by atoms with Crippen molar-refractivity contribution in [1.82, 2.24) is 9.80 Å². The van der Waals surface area contributed by atoms with Crippen LogP contribution in [0.4, 0.5) is 0 Å². The number of ether oxygens (including phenoxy) is 2. The lowest BCUT2D eigenvalue weighted by molar-refractivity contribution is -0.136. The van der Waals surface area contributed by atoms with Crippen LogP contribution in [-0.4, -0.2) is 54.5 Å². The maximum absolute atomic E-state index is 13.7. The fourth-order valence-electron chi connectivity index (χ4n) is 4.49. The Morgan fingerprint density at radius 3 is 2.61 bits per heavy atom. The van der Waals surface area contributed by atoms with Crippen molar-refractivity contribution in [2.45, 2.75) is 45.7 Å². The number of methoxy groups -OCH3 is 1. The molecule has 1 aliphatic heterocycles. The molecule has 6 nitrogen and oxygen atoms in total. The molecule has 7 heteroatoms. The van der Waals surface area contributed by atoms with E-state index in [4.69, 9.17) is 9.47 Å². The van der Waals surface area contributed by atoms with Gasteiger partial charge in [0, 0.05) is 29.1 Å². The van der Waals surface area contributed by atoms with E-state index >= 15 is 0 Å². The van der Waals surface area contributed by atoms with E-state index < -0.39 is 0 Å². The molecular weight excluding hydrogens is 472 g/mol. The molecule has 4 rings (SSSR count). The molecule has 1 aliphatic rings. The minimum absolute atomic E-state index is 0.0385. The lowest BCUT2D eigenvalue weighted by atomic mass is 10.00. The molecule has 0 aliphatic carbocycles. The van der Waals surface area contributed by atoms with Gasteiger partial charge in [-0.2, -0.15) is 0 Å². The maximum atomic E-state index is 13.7. The van der Waals surface area contributed by atoms with Crippen LogP contribution in [0.5, 0.6) is 11.5 Å². The monoisotopic (exact) mass is 506 g/mol. The zero-order valence-corrected chi connectivity index (χ0v) is 22.2. The highest BCUT2D eigenvalue weighted by Crippen LogP contribution is 2.34. The van der Waals surface area contributed by atoms with Crippen LogP contribution in [0.1, 0.15) is 52.7 Å². The number of fused-ring (bicyclic) bond motifs is 1. The molecule has 3 aromatic rings. The molecule has 0 saturated heterocycles. The van der Waals surface area contributed by atoms with Gasteiger partial charge in [-0.15, -0.1) is 11.3 Å². The molecule has 0 bridgehead atoms. The molecule has 0 saturated carbocycles. The summed E-state index contributed by atoms with van der Waals surface area (Å²) in [7, 11) is 1.62. The van der Waals surface area contributed by atoms with Crippen molar-refractivity contribution in [3.63, 3.8) is 0 Å². The van der Waals surface area contributed by atoms with E-state index in [1.807, 2.05) is 74.2 Å². The Balaban J connectivity index is 1.54. The molecule has 2 amide bonds. The van der Waals surface area contributed by atoms with E-state index in [0.717, 1.165) is 29.7 Å². The van der Waals surface area contributed by atoms with Crippen molar-refractivity contribution in [1.29, 1.82) is 0 Å². The quantitative estimate of drug-likeness (QED) is 0.384. The van der Waals surface area contributed by atoms with Crippen LogP contribution in [-0.2, 0) is 11.2 Å². The molecule has 36 heavy (non-hydrogen) atoms. The highest BCUT2D eigenvalue weighted by Gasteiger charge is 2.34. The number of hydrogen-bond donors (Lipinski definition) is 0. The topological polar surface area (TPSA) is 59.1 Å². The van der Waals surface area contributed by atoms with Crippen LogP contribution in [0.2, 0.25) is 0 Å². The highest BCUT2D eigenvalue weighted by molar-refractivity contribution is 7.10. The summed E-state index contributed by atoms with van der Waals surface area (Å²) in [6.07, 6.45) is 1.57. The third-order valence-electron chi connectivity index (χ3n) is 6.85. The van der Waals surface area contributed by atoms with Crippen LogP contribution in [0.15, 0.2) is 60.0 Å². The number of rotatable bonds is 9. The smallest absolute Gasteiger partial charge is 0.254 e. The Morgan fingerprint density at radius 2 is 1.89 bits per heavy atom. The molecule has 2 atom stereocenters. The number of thiophene rings is 1. The van der Waals surface area contributed by atoms with Crippen LogP contribution in [0.25, 0.3) is 0 Å². The number of aryl methyl sites for hydroxylation is 1. The first-order valence-electron chi connectivity index (χ1n) is 12.4. The van der Waals surface area contributed by atoms with Gasteiger partial charge < -0.3 is 19.3 Å². The summed E-state index contributed by atoms with van der Waals surface area (Å²) in [6.45, 7) is 7.00. The number of carbonyl (C=O) groups is 2. The molecule has 190 valence electrons. The number of nitrogens with zero attached hydrogens (tertiary/aromatic N) is 2. The average molecular weight is 507 g/mol. The van der Waals surface area contributed by atoms with Gasteiger partial charge in [0.25, 0.3) is 5.91 Å². The van der Waals surface area contributed by atoms with E-state index in [0.29, 0.717) is 24.5 Å². The van der Waals surface area contributed by atoms with E-state index in [-0.39, 0.29) is 30.4 Å². The van der Waals surface area contributed by atoms with E-state index in [2.05, 4.69) is 11.4 Å². The largest absolute Gasteiger partial charge is 0.497 e. The Hall–Kier alpha value is -3.32. The van der Waals surface area contributed by atoms with Gasteiger partial charge in [-0.05, 0) is 68.0 Å². The standard InChI is InChI=1S/C29H34N2O4S/c1-5-21(3)31(29(33)22-11-9-20(2)10-12-22)18-28(32)30-15-13-27-25(14-16-36-27)26(30)19-35-24-8-6-7-23(17-24)34-4/h6-12,14,16-17,21,26H,5,13,15,18-19H2,1-4H3/t21-,26+/m1/s1. The minimum Gasteiger partial charge on any atom is -0.497 e. The van der Waals surface area contributed by atoms with E-state index in [9.17, 15) is 9.59 Å². The SMILES string of the molecule is CC[C@@H](C)N(CC(=O)N1CCc2sccc2[C@@H]1COc1cccc(OC)c1)C(=O)c1ccc(C)cc1. The number of hydrogen-bond acceptors (Lipinski definition) is 5. The normalized spacial score (nSPS) is 15.7. The van der Waals surface area contributed by atoms with Gasteiger partial charge in [-0.3, -0.25) is 9.59 Å². The molecule has 0 spiro atoms. The Morgan fingerprint density at radius 1 is 1.14 bits per heavy atom. The average Bonchev–Trinajstić information content (AvgIpc) is 3.39. The molecule has 2 heterocycles. The van der Waals surface area contributed by atoms with Gasteiger partial charge in [0.05, 0.1) is 13.2 Å². The third-order valence-corrected chi connectivity index (χ3v) is 7.85. The van der Waals surface area contributed by atoms with Crippen molar-refractivity contribution >= 4 is 23.2 Å². The molecular formula is C29H34N2O4S. The second-order valence-electron chi connectivity index (χ2n) is 9.20. The van der Waals surface area contributed by atoms with Gasteiger partial charge in [0.2, 0.25) is 5.91 Å². The Kier molecular flexibility index (Phi) is 8.31. The summed E-state index contributed by atoms with van der Waals surface area (Å²) in [5.74, 6) is 1.24. The van der Waals surface area contributed by atoms with Crippen molar-refractivity contribution in [3.8, 4) is 11.5 Å². The first-order chi connectivity index (χ1) is 17.4. The summed E-state index contributed by atoms with van der Waals surface area (Å²) in [6, 6.07) is 16.8. The number of carbonyl (C=O) groups excluding carboxylic acids is 2. The zero-order chi connectivity index (χ0) is 25.7. The first kappa shape index (κ1) is 25.8. The zero-order valence-electron chi connectivity index (χ0n) is 21.4. The summed E-state index contributed by atoms with van der Waals surface area (Å²) < 4.78 is 11.5. The van der Waals surface area contributed by atoms with Crippen molar-refractivity contribution < 1.29 is 19.1 Å². The highest BCUT2D eigenvalue weighted by atomic mass is 32.1. The number of benzene rings is 2. The first-order valence-corrected chi connectivity index (χ1v) is 13.3. The van der Waals surface area contributed by atoms with Crippen LogP contribution >= 0.6 is 11.3 Å². The summed E-state index contributed by atoms with van der Waals surface area (Å²) in [4.78, 5) is 32.0. The fourth-order valence-corrected chi connectivity index (χ4v) is 5.42. The van der Waals surface area contributed by atoms with Crippen molar-refractivity contribution in [2.75, 3.05) is 26.8 Å².